The van der Waals surface area contributed by atoms with Crippen molar-refractivity contribution in [1.82, 2.24) is 20.5 Å². The van der Waals surface area contributed by atoms with Gasteiger partial charge >= 0.3 is 0 Å². The molecule has 186 valence electrons. The number of hydrogen-bond donors (Lipinski definition) is 2. The Bertz CT molecular complexity index is 1100. The van der Waals surface area contributed by atoms with Gasteiger partial charge in [-0.1, -0.05) is 57.0 Å². The average molecular weight is 477 g/mol. The predicted molar refractivity (Wildman–Crippen MR) is 134 cm³/mol. The van der Waals surface area contributed by atoms with E-state index >= 15 is 0 Å². The van der Waals surface area contributed by atoms with E-state index in [1.165, 1.54) is 11.1 Å². The van der Waals surface area contributed by atoms with Gasteiger partial charge in [0.15, 0.2) is 0 Å². The molecule has 7 heteroatoms. The highest BCUT2D eigenvalue weighted by Crippen LogP contribution is 2.37. The maximum atomic E-state index is 14.3. The van der Waals surface area contributed by atoms with E-state index in [1.807, 2.05) is 52.0 Å². The van der Waals surface area contributed by atoms with Crippen LogP contribution in [0.15, 0.2) is 36.4 Å². The molecular weight excluding hydrogens is 440 g/mol. The number of likely N-dealkylation sites (N-methyl/N-ethyl adjacent to an activating group) is 1. The lowest BCUT2D eigenvalue weighted by Crippen LogP contribution is -2.68. The fraction of sp³-hybridized carbons (Fsp3) is 0.500. The second-order valence-electron chi connectivity index (χ2n) is 9.83. The zero-order valence-electron chi connectivity index (χ0n) is 21.3. The quantitative estimate of drug-likeness (QED) is 0.643. The lowest BCUT2D eigenvalue weighted by Gasteiger charge is -2.46. The summed E-state index contributed by atoms with van der Waals surface area (Å²) in [6, 6.07) is 9.58. The molecule has 3 atom stereocenters. The minimum absolute atomic E-state index is 0.0448. The lowest BCUT2D eigenvalue weighted by atomic mass is 9.84. The van der Waals surface area contributed by atoms with Crippen molar-refractivity contribution in [2.45, 2.75) is 71.5 Å². The van der Waals surface area contributed by atoms with Crippen LogP contribution in [0.25, 0.3) is 0 Å². The maximum Gasteiger partial charge on any atom is 0.247 e. The lowest BCUT2D eigenvalue weighted by molar-refractivity contribution is -0.159. The van der Waals surface area contributed by atoms with Crippen molar-refractivity contribution in [3.05, 3.63) is 64.5 Å². The molecule has 4 rings (SSSR count). The number of benzene rings is 1. The Morgan fingerprint density at radius 2 is 1.71 bits per heavy atom. The van der Waals surface area contributed by atoms with E-state index in [-0.39, 0.29) is 29.6 Å². The molecule has 0 unspecified atom stereocenters. The number of rotatable bonds is 7. The molecule has 1 aliphatic heterocycles. The number of hydrogen-bond acceptors (Lipinski definition) is 4. The van der Waals surface area contributed by atoms with Gasteiger partial charge in [-0.25, -0.2) is 0 Å². The number of carbonyl (C=O) groups excluding carboxylic acids is 3. The molecule has 1 aromatic heterocycles. The van der Waals surface area contributed by atoms with Crippen molar-refractivity contribution < 1.29 is 14.4 Å². The summed E-state index contributed by atoms with van der Waals surface area (Å²) in [5, 5.41) is 5.82. The molecule has 0 spiro atoms. The molecule has 35 heavy (non-hydrogen) atoms. The zero-order chi connectivity index (χ0) is 25.3. The largest absolute Gasteiger partial charge is 0.357 e. The van der Waals surface area contributed by atoms with Gasteiger partial charge in [0.2, 0.25) is 17.7 Å². The Morgan fingerprint density at radius 1 is 1.09 bits per heavy atom. The van der Waals surface area contributed by atoms with E-state index in [1.54, 1.807) is 11.9 Å². The van der Waals surface area contributed by atoms with Gasteiger partial charge in [-0.15, -0.1) is 0 Å². The minimum Gasteiger partial charge on any atom is -0.357 e. The fourth-order valence-corrected chi connectivity index (χ4v) is 5.88. The first-order valence-corrected chi connectivity index (χ1v) is 12.7. The van der Waals surface area contributed by atoms with Gasteiger partial charge in [0, 0.05) is 24.0 Å². The topological polar surface area (TPSA) is 91.4 Å². The van der Waals surface area contributed by atoms with Crippen LogP contribution in [0.4, 0.5) is 0 Å². The molecule has 0 saturated carbocycles. The van der Waals surface area contributed by atoms with Crippen molar-refractivity contribution >= 4 is 17.7 Å². The Morgan fingerprint density at radius 3 is 2.26 bits per heavy atom. The van der Waals surface area contributed by atoms with Crippen molar-refractivity contribution in [1.29, 1.82) is 0 Å². The van der Waals surface area contributed by atoms with E-state index in [0.717, 1.165) is 31.4 Å². The Hall–Kier alpha value is -3.22. The molecule has 1 aromatic carbocycles. The Kier molecular flexibility index (Phi) is 7.24. The molecule has 7 nitrogen and oxygen atoms in total. The minimum atomic E-state index is -0.927. The summed E-state index contributed by atoms with van der Waals surface area (Å²) in [6.45, 7) is 7.80. The third-order valence-electron chi connectivity index (χ3n) is 7.77. The van der Waals surface area contributed by atoms with Crippen LogP contribution in [-0.4, -0.2) is 46.7 Å². The van der Waals surface area contributed by atoms with Crippen molar-refractivity contribution in [2.24, 2.45) is 11.8 Å². The number of carbonyl (C=O) groups is 3. The standard InChI is InChI=1S/C28H36N4O3/c1-6-18(7-2)24-27(34)31-23(21-14-19-10-8-9-11-20(19)15-21)28(35)32(24)25(26(33)29-5)22-13-12-16(3)30-17(22)4/h8-13,18,21,23-25H,6-7,14-15H2,1-5H3,(H,29,33)(H,31,34)/t23-,24-,25-/m1/s1. The number of amides is 3. The highest BCUT2D eigenvalue weighted by atomic mass is 16.2. The Labute approximate surface area is 207 Å². The van der Waals surface area contributed by atoms with Crippen LogP contribution in [0.5, 0.6) is 0 Å². The summed E-state index contributed by atoms with van der Waals surface area (Å²) in [5.74, 6) is -0.784. The van der Waals surface area contributed by atoms with Crippen LogP contribution in [0.2, 0.25) is 0 Å². The van der Waals surface area contributed by atoms with Crippen LogP contribution >= 0.6 is 0 Å². The zero-order valence-corrected chi connectivity index (χ0v) is 21.3. The number of pyridine rings is 1. The average Bonchev–Trinajstić information content (AvgIpc) is 3.28. The third kappa shape index (κ3) is 4.56. The second-order valence-corrected chi connectivity index (χ2v) is 9.83. The number of fused-ring (bicyclic) bond motifs is 1. The molecule has 1 fully saturated rings. The molecule has 0 bridgehead atoms. The maximum absolute atomic E-state index is 14.3. The van der Waals surface area contributed by atoms with Gasteiger partial charge < -0.3 is 15.5 Å². The Balaban J connectivity index is 1.80. The summed E-state index contributed by atoms with van der Waals surface area (Å²) in [7, 11) is 1.57. The van der Waals surface area contributed by atoms with Crippen molar-refractivity contribution in [3.8, 4) is 0 Å². The molecule has 2 N–H and O–H groups in total. The first kappa shape index (κ1) is 24.9. The van der Waals surface area contributed by atoms with Crippen LogP contribution in [-0.2, 0) is 27.2 Å². The molecule has 2 heterocycles. The van der Waals surface area contributed by atoms with Crippen LogP contribution in [0, 0.1) is 25.7 Å². The van der Waals surface area contributed by atoms with Crippen LogP contribution < -0.4 is 10.6 Å². The smallest absolute Gasteiger partial charge is 0.247 e. The first-order chi connectivity index (χ1) is 16.8. The molecule has 0 radical (unpaired) electrons. The van der Waals surface area contributed by atoms with Gasteiger partial charge in [0.1, 0.15) is 18.1 Å². The summed E-state index contributed by atoms with van der Waals surface area (Å²) in [5.41, 5.74) is 4.61. The highest BCUT2D eigenvalue weighted by Gasteiger charge is 2.51. The van der Waals surface area contributed by atoms with E-state index < -0.39 is 18.1 Å². The van der Waals surface area contributed by atoms with E-state index in [4.69, 9.17) is 0 Å². The molecular formula is C28H36N4O3. The predicted octanol–water partition coefficient (Wildman–Crippen LogP) is 3.03. The van der Waals surface area contributed by atoms with Crippen LogP contribution in [0.1, 0.15) is 60.8 Å². The monoisotopic (exact) mass is 476 g/mol. The van der Waals surface area contributed by atoms with Gasteiger partial charge in [0.05, 0.1) is 0 Å². The number of nitrogens with one attached hydrogen (secondary N) is 2. The van der Waals surface area contributed by atoms with Gasteiger partial charge in [-0.2, -0.15) is 0 Å². The van der Waals surface area contributed by atoms with E-state index in [2.05, 4.69) is 27.8 Å². The normalized spacial score (nSPS) is 21.1. The number of piperazine rings is 1. The summed E-state index contributed by atoms with van der Waals surface area (Å²) in [4.78, 5) is 47.5. The molecule has 2 aliphatic rings. The number of aromatic nitrogens is 1. The second kappa shape index (κ2) is 10.2. The molecule has 3 amide bonds. The van der Waals surface area contributed by atoms with Gasteiger partial charge in [-0.05, 0) is 55.7 Å². The van der Waals surface area contributed by atoms with E-state index in [0.29, 0.717) is 11.3 Å². The van der Waals surface area contributed by atoms with Gasteiger partial charge in [0.25, 0.3) is 0 Å². The molecule has 1 aliphatic carbocycles. The first-order valence-electron chi connectivity index (χ1n) is 12.7. The summed E-state index contributed by atoms with van der Waals surface area (Å²) >= 11 is 0. The molecule has 2 aromatic rings. The highest BCUT2D eigenvalue weighted by molar-refractivity contribution is 6.00. The summed E-state index contributed by atoms with van der Waals surface area (Å²) in [6.07, 6.45) is 2.91. The fourth-order valence-electron chi connectivity index (χ4n) is 5.88. The van der Waals surface area contributed by atoms with E-state index in [9.17, 15) is 14.4 Å². The SMILES string of the molecule is CCC(CC)[C@@H]1C(=O)N[C@H](C2Cc3ccccc3C2)C(=O)N1[C@@H](C(=O)NC)c1ccc(C)nc1C. The number of nitrogens with zero attached hydrogens (tertiary/aromatic N) is 2. The third-order valence-corrected chi connectivity index (χ3v) is 7.77. The van der Waals surface area contributed by atoms with Crippen molar-refractivity contribution in [2.75, 3.05) is 7.05 Å². The summed E-state index contributed by atoms with van der Waals surface area (Å²) < 4.78 is 0. The van der Waals surface area contributed by atoms with Gasteiger partial charge in [-0.3, -0.25) is 19.4 Å². The number of aryl methyl sites for hydroxylation is 2. The molecule has 1 saturated heterocycles. The van der Waals surface area contributed by atoms with Crippen molar-refractivity contribution in [3.63, 3.8) is 0 Å². The van der Waals surface area contributed by atoms with Crippen LogP contribution in [0.3, 0.4) is 0 Å².